The van der Waals surface area contributed by atoms with Crippen molar-refractivity contribution in [1.29, 1.82) is 0 Å². The number of aryl methyl sites for hydroxylation is 1. The van der Waals surface area contributed by atoms with Gasteiger partial charge in [-0.05, 0) is 48.9 Å². The summed E-state index contributed by atoms with van der Waals surface area (Å²) < 4.78 is 12.8. The highest BCUT2D eigenvalue weighted by molar-refractivity contribution is 6.39. The molecule has 0 bridgehead atoms. The Hall–Kier alpha value is -3.22. The van der Waals surface area contributed by atoms with Gasteiger partial charge in [0.05, 0.1) is 6.54 Å². The van der Waals surface area contributed by atoms with E-state index in [-0.39, 0.29) is 12.2 Å². The second-order valence-corrected chi connectivity index (χ2v) is 5.06. The zero-order valence-electron chi connectivity index (χ0n) is 12.9. The molecule has 0 atom stereocenters. The molecule has 3 amide bonds. The fourth-order valence-electron chi connectivity index (χ4n) is 1.89. The first kappa shape index (κ1) is 17.1. The summed E-state index contributed by atoms with van der Waals surface area (Å²) >= 11 is 0. The van der Waals surface area contributed by atoms with Crippen LogP contribution >= 0.6 is 0 Å². The number of anilines is 2. The zero-order valence-corrected chi connectivity index (χ0v) is 12.9. The SMILES string of the molecule is Cc1cccc(NC(=O)CNC(=O)C(=O)Nc2ccc(F)cc2)c1. The van der Waals surface area contributed by atoms with Crippen LogP contribution in [-0.4, -0.2) is 24.3 Å². The number of carbonyl (C=O) groups excluding carboxylic acids is 3. The van der Waals surface area contributed by atoms with Crippen molar-refractivity contribution < 1.29 is 18.8 Å². The molecular weight excluding hydrogens is 313 g/mol. The minimum atomic E-state index is -0.960. The predicted octanol–water partition coefficient (Wildman–Crippen LogP) is 1.83. The van der Waals surface area contributed by atoms with Gasteiger partial charge < -0.3 is 16.0 Å². The first-order chi connectivity index (χ1) is 11.4. The van der Waals surface area contributed by atoms with Gasteiger partial charge >= 0.3 is 11.8 Å². The van der Waals surface area contributed by atoms with E-state index < -0.39 is 23.5 Å². The predicted molar refractivity (Wildman–Crippen MR) is 87.8 cm³/mol. The second-order valence-electron chi connectivity index (χ2n) is 5.06. The maximum absolute atomic E-state index is 12.8. The Kier molecular flexibility index (Phi) is 5.62. The van der Waals surface area contributed by atoms with Gasteiger partial charge in [0.1, 0.15) is 5.82 Å². The van der Waals surface area contributed by atoms with E-state index in [9.17, 15) is 18.8 Å². The molecule has 0 heterocycles. The lowest BCUT2D eigenvalue weighted by molar-refractivity contribution is -0.136. The Morgan fingerprint density at radius 1 is 0.917 bits per heavy atom. The van der Waals surface area contributed by atoms with Gasteiger partial charge in [-0.1, -0.05) is 12.1 Å². The molecule has 3 N–H and O–H groups in total. The molecule has 0 radical (unpaired) electrons. The number of amides is 3. The van der Waals surface area contributed by atoms with E-state index in [1.165, 1.54) is 12.1 Å². The van der Waals surface area contributed by atoms with Gasteiger partial charge in [0.15, 0.2) is 0 Å². The minimum Gasteiger partial charge on any atom is -0.339 e. The number of hydrogen-bond donors (Lipinski definition) is 3. The molecule has 0 saturated carbocycles. The van der Waals surface area contributed by atoms with Gasteiger partial charge in [0, 0.05) is 11.4 Å². The van der Waals surface area contributed by atoms with E-state index in [0.29, 0.717) is 5.69 Å². The zero-order chi connectivity index (χ0) is 17.5. The lowest BCUT2D eigenvalue weighted by Crippen LogP contribution is -2.39. The Bertz CT molecular complexity index is 760. The van der Waals surface area contributed by atoms with Gasteiger partial charge in [-0.2, -0.15) is 0 Å². The molecule has 2 aromatic rings. The average Bonchev–Trinajstić information content (AvgIpc) is 2.54. The fraction of sp³-hybridized carbons (Fsp3) is 0.118. The summed E-state index contributed by atoms with van der Waals surface area (Å²) in [4.78, 5) is 35.1. The monoisotopic (exact) mass is 329 g/mol. The largest absolute Gasteiger partial charge is 0.339 e. The summed E-state index contributed by atoms with van der Waals surface area (Å²) in [6, 6.07) is 12.1. The molecule has 7 heteroatoms. The van der Waals surface area contributed by atoms with Crippen molar-refractivity contribution in [2.45, 2.75) is 6.92 Å². The van der Waals surface area contributed by atoms with E-state index in [2.05, 4.69) is 16.0 Å². The number of benzene rings is 2. The van der Waals surface area contributed by atoms with Crippen LogP contribution in [0.1, 0.15) is 5.56 Å². The van der Waals surface area contributed by atoms with Crippen LogP contribution in [0.5, 0.6) is 0 Å². The highest BCUT2D eigenvalue weighted by atomic mass is 19.1. The third-order valence-electron chi connectivity index (χ3n) is 3.02. The van der Waals surface area contributed by atoms with Crippen molar-refractivity contribution in [2.75, 3.05) is 17.2 Å². The molecule has 0 unspecified atom stereocenters. The third kappa shape index (κ3) is 5.20. The topological polar surface area (TPSA) is 87.3 Å². The van der Waals surface area contributed by atoms with Crippen molar-refractivity contribution in [3.63, 3.8) is 0 Å². The van der Waals surface area contributed by atoms with Crippen LogP contribution in [0.2, 0.25) is 0 Å². The van der Waals surface area contributed by atoms with Crippen LogP contribution in [0.4, 0.5) is 15.8 Å². The molecule has 0 aliphatic rings. The van der Waals surface area contributed by atoms with E-state index in [1.54, 1.807) is 18.2 Å². The molecular formula is C17H16FN3O3. The molecule has 124 valence electrons. The first-order valence-electron chi connectivity index (χ1n) is 7.15. The van der Waals surface area contributed by atoms with Gasteiger partial charge in [0.25, 0.3) is 0 Å². The highest BCUT2D eigenvalue weighted by Crippen LogP contribution is 2.09. The lowest BCUT2D eigenvalue weighted by Gasteiger charge is -2.08. The van der Waals surface area contributed by atoms with E-state index in [1.807, 2.05) is 13.0 Å². The molecule has 2 aromatic carbocycles. The average molecular weight is 329 g/mol. The molecule has 0 aliphatic carbocycles. The molecule has 2 rings (SSSR count). The second kappa shape index (κ2) is 7.87. The van der Waals surface area contributed by atoms with Crippen LogP contribution in [0.15, 0.2) is 48.5 Å². The summed E-state index contributed by atoms with van der Waals surface area (Å²) in [7, 11) is 0. The van der Waals surface area contributed by atoms with Crippen LogP contribution < -0.4 is 16.0 Å². The van der Waals surface area contributed by atoms with Crippen LogP contribution in [0.3, 0.4) is 0 Å². The quantitative estimate of drug-likeness (QED) is 0.748. The summed E-state index contributed by atoms with van der Waals surface area (Å²) in [5.41, 5.74) is 1.86. The highest BCUT2D eigenvalue weighted by Gasteiger charge is 2.15. The fourth-order valence-corrected chi connectivity index (χ4v) is 1.89. The molecule has 0 aromatic heterocycles. The Morgan fingerprint density at radius 2 is 1.62 bits per heavy atom. The maximum Gasteiger partial charge on any atom is 0.313 e. The Morgan fingerprint density at radius 3 is 2.29 bits per heavy atom. The summed E-state index contributed by atoms with van der Waals surface area (Å²) in [6.45, 7) is 1.54. The normalized spacial score (nSPS) is 9.92. The number of halogens is 1. The smallest absolute Gasteiger partial charge is 0.313 e. The first-order valence-corrected chi connectivity index (χ1v) is 7.15. The van der Waals surface area contributed by atoms with Crippen molar-refractivity contribution in [2.24, 2.45) is 0 Å². The number of rotatable bonds is 4. The van der Waals surface area contributed by atoms with E-state index >= 15 is 0 Å². The summed E-state index contributed by atoms with van der Waals surface area (Å²) in [5, 5.41) is 7.12. The van der Waals surface area contributed by atoms with Gasteiger partial charge in [-0.3, -0.25) is 14.4 Å². The Balaban J connectivity index is 1.80. The van der Waals surface area contributed by atoms with E-state index in [0.717, 1.165) is 17.7 Å². The van der Waals surface area contributed by atoms with Crippen LogP contribution in [0.25, 0.3) is 0 Å². The van der Waals surface area contributed by atoms with Gasteiger partial charge in [-0.15, -0.1) is 0 Å². The van der Waals surface area contributed by atoms with Crippen LogP contribution in [0, 0.1) is 12.7 Å². The molecule has 24 heavy (non-hydrogen) atoms. The molecule has 0 fully saturated rings. The molecule has 0 spiro atoms. The van der Waals surface area contributed by atoms with Crippen molar-refractivity contribution in [3.05, 3.63) is 59.9 Å². The molecule has 0 aliphatic heterocycles. The standard InChI is InChI=1S/C17H16FN3O3/c1-11-3-2-4-14(9-11)20-15(22)10-19-16(23)17(24)21-13-7-5-12(18)6-8-13/h2-9H,10H2,1H3,(H,19,23)(H,20,22)(H,21,24). The third-order valence-corrected chi connectivity index (χ3v) is 3.02. The maximum atomic E-state index is 12.8. The van der Waals surface area contributed by atoms with Crippen molar-refractivity contribution in [3.8, 4) is 0 Å². The van der Waals surface area contributed by atoms with Gasteiger partial charge in [-0.25, -0.2) is 4.39 Å². The lowest BCUT2D eigenvalue weighted by atomic mass is 10.2. The summed E-state index contributed by atoms with van der Waals surface area (Å²) in [5.74, 6) is -2.81. The van der Waals surface area contributed by atoms with Gasteiger partial charge in [0.2, 0.25) is 5.91 Å². The molecule has 0 saturated heterocycles. The van der Waals surface area contributed by atoms with Crippen LogP contribution in [-0.2, 0) is 14.4 Å². The number of nitrogens with one attached hydrogen (secondary N) is 3. The number of hydrogen-bond acceptors (Lipinski definition) is 3. The van der Waals surface area contributed by atoms with Crippen molar-refractivity contribution >= 4 is 29.1 Å². The van der Waals surface area contributed by atoms with E-state index in [4.69, 9.17) is 0 Å². The molecule has 6 nitrogen and oxygen atoms in total. The number of carbonyl (C=O) groups is 3. The Labute approximate surface area is 138 Å². The summed E-state index contributed by atoms with van der Waals surface area (Å²) in [6.07, 6.45) is 0. The minimum absolute atomic E-state index is 0.278. The van der Waals surface area contributed by atoms with Crippen molar-refractivity contribution in [1.82, 2.24) is 5.32 Å².